The van der Waals surface area contributed by atoms with Gasteiger partial charge in [-0.1, -0.05) is 22.9 Å². The minimum atomic E-state index is -0.171. The van der Waals surface area contributed by atoms with Crippen LogP contribution in [0.4, 0.5) is 4.39 Å². The maximum Gasteiger partial charge on any atom is 0.126 e. The van der Waals surface area contributed by atoms with E-state index < -0.39 is 0 Å². The van der Waals surface area contributed by atoms with Gasteiger partial charge in [0.1, 0.15) is 5.82 Å². The molecule has 0 saturated heterocycles. The van der Waals surface area contributed by atoms with Gasteiger partial charge in [-0.05, 0) is 36.7 Å². The molecule has 19 heavy (non-hydrogen) atoms. The first-order valence-corrected chi connectivity index (χ1v) is 7.05. The normalized spacial score (nSPS) is 12.6. The zero-order valence-corrected chi connectivity index (χ0v) is 12.6. The first-order valence-electron chi connectivity index (χ1n) is 6.26. The number of aromatic nitrogens is 2. The van der Waals surface area contributed by atoms with E-state index in [0.29, 0.717) is 12.0 Å². The minimum Gasteiger partial charge on any atom is -0.310 e. The number of aryl methyl sites for hydroxylation is 1. The molecule has 0 radical (unpaired) electrons. The quantitative estimate of drug-likeness (QED) is 0.914. The summed E-state index contributed by atoms with van der Waals surface area (Å²) in [7, 11) is 1.88. The van der Waals surface area contributed by atoms with Gasteiger partial charge in [0, 0.05) is 29.3 Å². The summed E-state index contributed by atoms with van der Waals surface area (Å²) >= 11 is 3.38. The molecule has 1 unspecified atom stereocenters. The molecule has 2 rings (SSSR count). The Labute approximate surface area is 121 Å². The third kappa shape index (κ3) is 3.64. The molecule has 0 aliphatic rings. The second-order valence-electron chi connectivity index (χ2n) is 4.50. The van der Waals surface area contributed by atoms with Gasteiger partial charge in [0.25, 0.3) is 0 Å². The number of likely N-dealkylation sites (N-methyl/N-ethyl adjacent to an activating group) is 1. The van der Waals surface area contributed by atoms with Crippen LogP contribution in [0, 0.1) is 5.82 Å². The summed E-state index contributed by atoms with van der Waals surface area (Å²) < 4.78 is 16.5. The van der Waals surface area contributed by atoms with Crippen LogP contribution in [0.25, 0.3) is 0 Å². The van der Waals surface area contributed by atoms with Crippen molar-refractivity contribution >= 4 is 15.9 Å². The number of halogens is 2. The predicted molar refractivity (Wildman–Crippen MR) is 77.4 cm³/mol. The second kappa shape index (κ2) is 6.30. The fourth-order valence-electron chi connectivity index (χ4n) is 2.09. The Bertz CT molecular complexity index is 553. The van der Waals surface area contributed by atoms with Crippen LogP contribution >= 0.6 is 15.9 Å². The summed E-state index contributed by atoms with van der Waals surface area (Å²) in [6.07, 6.45) is 4.39. The zero-order chi connectivity index (χ0) is 13.8. The number of hydrogen-bond acceptors (Lipinski definition) is 2. The lowest BCUT2D eigenvalue weighted by Crippen LogP contribution is -2.23. The van der Waals surface area contributed by atoms with Gasteiger partial charge in [0.15, 0.2) is 0 Å². The van der Waals surface area contributed by atoms with Crippen molar-refractivity contribution in [2.24, 2.45) is 7.05 Å². The standard InChI is InChI=1S/C14H17BrFN3/c1-3-17-14(11-8-18-19(2)9-11)7-10-6-12(15)4-5-13(10)16/h4-6,8-9,14,17H,3,7H2,1-2H3. The van der Waals surface area contributed by atoms with E-state index in [4.69, 9.17) is 0 Å². The highest BCUT2D eigenvalue weighted by Crippen LogP contribution is 2.22. The maximum atomic E-state index is 13.8. The smallest absolute Gasteiger partial charge is 0.126 e. The summed E-state index contributed by atoms with van der Waals surface area (Å²) in [6.45, 7) is 2.87. The fourth-order valence-corrected chi connectivity index (χ4v) is 2.50. The lowest BCUT2D eigenvalue weighted by molar-refractivity contribution is 0.527. The molecule has 1 N–H and O–H groups in total. The molecule has 102 valence electrons. The van der Waals surface area contributed by atoms with Gasteiger partial charge in [0.05, 0.1) is 6.20 Å². The molecule has 3 nitrogen and oxygen atoms in total. The first-order chi connectivity index (χ1) is 9.10. The zero-order valence-electron chi connectivity index (χ0n) is 11.0. The summed E-state index contributed by atoms with van der Waals surface area (Å²) in [5, 5.41) is 7.55. The highest BCUT2D eigenvalue weighted by atomic mass is 79.9. The van der Waals surface area contributed by atoms with Crippen LogP contribution in [-0.4, -0.2) is 16.3 Å². The van der Waals surface area contributed by atoms with Gasteiger partial charge in [0.2, 0.25) is 0 Å². The van der Waals surface area contributed by atoms with Crippen molar-refractivity contribution < 1.29 is 4.39 Å². The Kier molecular flexibility index (Phi) is 4.71. The second-order valence-corrected chi connectivity index (χ2v) is 5.41. The molecule has 1 aromatic carbocycles. The molecule has 0 aliphatic heterocycles. The molecule has 1 atom stereocenters. The molecule has 0 spiro atoms. The van der Waals surface area contributed by atoms with E-state index >= 15 is 0 Å². The Morgan fingerprint density at radius 1 is 1.47 bits per heavy atom. The lowest BCUT2D eigenvalue weighted by atomic mass is 10.0. The van der Waals surface area contributed by atoms with Gasteiger partial charge in [-0.2, -0.15) is 5.10 Å². The van der Waals surface area contributed by atoms with Crippen LogP contribution < -0.4 is 5.32 Å². The summed E-state index contributed by atoms with van der Waals surface area (Å²) in [6, 6.07) is 5.11. The van der Waals surface area contributed by atoms with Crippen molar-refractivity contribution in [2.75, 3.05) is 6.54 Å². The van der Waals surface area contributed by atoms with Crippen molar-refractivity contribution in [1.29, 1.82) is 0 Å². The first kappa shape index (κ1) is 14.2. The third-order valence-electron chi connectivity index (χ3n) is 3.01. The summed E-state index contributed by atoms with van der Waals surface area (Å²) in [5.74, 6) is -0.171. The molecule has 0 amide bonds. The number of nitrogens with one attached hydrogen (secondary N) is 1. The molecule has 1 heterocycles. The maximum absolute atomic E-state index is 13.8. The average Bonchev–Trinajstić information content (AvgIpc) is 2.80. The number of benzene rings is 1. The molecule has 1 aromatic heterocycles. The van der Waals surface area contributed by atoms with Crippen molar-refractivity contribution in [3.05, 3.63) is 52.0 Å². The van der Waals surface area contributed by atoms with Crippen molar-refractivity contribution in [3.63, 3.8) is 0 Å². The van der Waals surface area contributed by atoms with Crippen LogP contribution in [0.2, 0.25) is 0 Å². The van der Waals surface area contributed by atoms with Gasteiger partial charge in [-0.3, -0.25) is 4.68 Å². The molecule has 0 aliphatic carbocycles. The van der Waals surface area contributed by atoms with E-state index in [0.717, 1.165) is 16.6 Å². The summed E-state index contributed by atoms with van der Waals surface area (Å²) in [5.41, 5.74) is 1.77. The van der Waals surface area contributed by atoms with Gasteiger partial charge in [-0.25, -0.2) is 4.39 Å². The van der Waals surface area contributed by atoms with E-state index in [1.54, 1.807) is 10.7 Å². The largest absolute Gasteiger partial charge is 0.310 e. The van der Waals surface area contributed by atoms with E-state index in [-0.39, 0.29) is 11.9 Å². The molecule has 0 fully saturated rings. The van der Waals surface area contributed by atoms with E-state index in [9.17, 15) is 4.39 Å². The Balaban J connectivity index is 2.23. The van der Waals surface area contributed by atoms with Gasteiger partial charge < -0.3 is 5.32 Å². The fraction of sp³-hybridized carbons (Fsp3) is 0.357. The molecule has 2 aromatic rings. The lowest BCUT2D eigenvalue weighted by Gasteiger charge is -2.17. The molecular weight excluding hydrogens is 309 g/mol. The van der Waals surface area contributed by atoms with E-state index in [1.807, 2.05) is 32.4 Å². The highest BCUT2D eigenvalue weighted by Gasteiger charge is 2.15. The molecule has 5 heteroatoms. The van der Waals surface area contributed by atoms with Crippen LogP contribution in [0.15, 0.2) is 35.1 Å². The van der Waals surface area contributed by atoms with Crippen LogP contribution in [0.3, 0.4) is 0 Å². The molecule has 0 saturated carbocycles. The van der Waals surface area contributed by atoms with Gasteiger partial charge >= 0.3 is 0 Å². The molecule has 0 bridgehead atoms. The van der Waals surface area contributed by atoms with Crippen LogP contribution in [-0.2, 0) is 13.5 Å². The summed E-state index contributed by atoms with van der Waals surface area (Å²) in [4.78, 5) is 0. The minimum absolute atomic E-state index is 0.0718. The van der Waals surface area contributed by atoms with Crippen LogP contribution in [0.5, 0.6) is 0 Å². The third-order valence-corrected chi connectivity index (χ3v) is 3.50. The van der Waals surface area contributed by atoms with Crippen molar-refractivity contribution in [2.45, 2.75) is 19.4 Å². The van der Waals surface area contributed by atoms with E-state index in [1.165, 1.54) is 6.07 Å². The number of hydrogen-bond donors (Lipinski definition) is 1. The van der Waals surface area contributed by atoms with Crippen molar-refractivity contribution in [1.82, 2.24) is 15.1 Å². The average molecular weight is 326 g/mol. The predicted octanol–water partition coefficient (Wildman–Crippen LogP) is 3.22. The Hall–Kier alpha value is -1.20. The van der Waals surface area contributed by atoms with Crippen LogP contribution in [0.1, 0.15) is 24.1 Å². The van der Waals surface area contributed by atoms with E-state index in [2.05, 4.69) is 26.3 Å². The Morgan fingerprint density at radius 2 is 2.26 bits per heavy atom. The molecular formula is C14H17BrFN3. The van der Waals surface area contributed by atoms with Gasteiger partial charge in [-0.15, -0.1) is 0 Å². The highest BCUT2D eigenvalue weighted by molar-refractivity contribution is 9.10. The SMILES string of the molecule is CCNC(Cc1cc(Br)ccc1F)c1cnn(C)c1. The van der Waals surface area contributed by atoms with Crippen molar-refractivity contribution in [3.8, 4) is 0 Å². The number of nitrogens with zero attached hydrogens (tertiary/aromatic N) is 2. The number of rotatable bonds is 5. The monoisotopic (exact) mass is 325 g/mol. The Morgan fingerprint density at radius 3 is 2.89 bits per heavy atom. The topological polar surface area (TPSA) is 29.9 Å².